The molecule has 0 aliphatic rings. The van der Waals surface area contributed by atoms with Crippen LogP contribution in [-0.2, 0) is 5.54 Å². The minimum Gasteiger partial charge on any atom is -0.440 e. The number of rotatable bonds is 8. The summed E-state index contributed by atoms with van der Waals surface area (Å²) < 4.78 is 5.22. The number of nitriles is 1. The van der Waals surface area contributed by atoms with Gasteiger partial charge in [-0.2, -0.15) is 5.26 Å². The molecule has 0 radical (unpaired) electrons. The zero-order chi connectivity index (χ0) is 15.0. The molecule has 1 unspecified atom stereocenters. The Morgan fingerprint density at radius 2 is 2.19 bits per heavy atom. The van der Waals surface area contributed by atoms with Gasteiger partial charge in [-0.1, -0.05) is 49.0 Å². The molecule has 0 aliphatic carbocycles. The molecule has 110 valence electrons. The summed E-state index contributed by atoms with van der Waals surface area (Å²) in [6.07, 6.45) is 4.88. The van der Waals surface area contributed by atoms with E-state index in [-0.39, 0.29) is 0 Å². The highest BCUT2D eigenvalue weighted by Gasteiger charge is 2.31. The van der Waals surface area contributed by atoms with Crippen LogP contribution in [0, 0.1) is 11.3 Å². The van der Waals surface area contributed by atoms with Crippen LogP contribution in [0.4, 0.5) is 0 Å². The molecule has 4 nitrogen and oxygen atoms in total. The molecule has 1 atom stereocenters. The SMILES string of the molecule is CCCNC(C#N)(CCSc1ncco1)c1ccccc1. The molecular weight excluding hydrogens is 282 g/mol. The molecule has 0 saturated heterocycles. The number of nitrogens with one attached hydrogen (secondary N) is 1. The van der Waals surface area contributed by atoms with E-state index in [1.165, 1.54) is 11.8 Å². The highest BCUT2D eigenvalue weighted by Crippen LogP contribution is 2.28. The fourth-order valence-corrected chi connectivity index (χ4v) is 2.97. The molecule has 2 aromatic rings. The Kier molecular flexibility index (Phi) is 5.85. The molecule has 2 rings (SSSR count). The van der Waals surface area contributed by atoms with Gasteiger partial charge in [-0.25, -0.2) is 4.98 Å². The lowest BCUT2D eigenvalue weighted by Crippen LogP contribution is -2.42. The molecule has 0 bridgehead atoms. The number of oxazole rings is 1. The number of hydrogen-bond donors (Lipinski definition) is 1. The van der Waals surface area contributed by atoms with E-state index in [0.717, 1.165) is 24.3 Å². The zero-order valence-electron chi connectivity index (χ0n) is 12.1. The molecule has 1 aromatic carbocycles. The molecule has 21 heavy (non-hydrogen) atoms. The van der Waals surface area contributed by atoms with Crippen molar-refractivity contribution in [1.82, 2.24) is 10.3 Å². The third-order valence-corrected chi connectivity index (χ3v) is 4.10. The van der Waals surface area contributed by atoms with Gasteiger partial charge < -0.3 is 4.42 Å². The van der Waals surface area contributed by atoms with Crippen molar-refractivity contribution >= 4 is 11.8 Å². The lowest BCUT2D eigenvalue weighted by atomic mass is 9.88. The van der Waals surface area contributed by atoms with E-state index < -0.39 is 5.54 Å². The van der Waals surface area contributed by atoms with Crippen LogP contribution in [-0.4, -0.2) is 17.3 Å². The van der Waals surface area contributed by atoms with Crippen LogP contribution in [0.15, 0.2) is 52.4 Å². The van der Waals surface area contributed by atoms with Crippen LogP contribution >= 0.6 is 11.8 Å². The number of benzene rings is 1. The van der Waals surface area contributed by atoms with E-state index in [1.807, 2.05) is 30.3 Å². The van der Waals surface area contributed by atoms with Crippen molar-refractivity contribution in [3.8, 4) is 6.07 Å². The van der Waals surface area contributed by atoms with Gasteiger partial charge in [0.15, 0.2) is 0 Å². The lowest BCUT2D eigenvalue weighted by molar-refractivity contribution is 0.414. The number of thioether (sulfide) groups is 1. The molecule has 1 N–H and O–H groups in total. The first-order valence-corrected chi connectivity index (χ1v) is 8.03. The monoisotopic (exact) mass is 301 g/mol. The average Bonchev–Trinajstić information content (AvgIpc) is 3.05. The maximum absolute atomic E-state index is 9.75. The summed E-state index contributed by atoms with van der Waals surface area (Å²) in [5.41, 5.74) is 0.352. The normalized spacial score (nSPS) is 13.5. The van der Waals surface area contributed by atoms with Crippen LogP contribution in [0.2, 0.25) is 0 Å². The topological polar surface area (TPSA) is 61.9 Å². The summed E-state index contributed by atoms with van der Waals surface area (Å²) in [4.78, 5) is 4.09. The smallest absolute Gasteiger partial charge is 0.255 e. The van der Waals surface area contributed by atoms with Crippen molar-refractivity contribution in [1.29, 1.82) is 5.26 Å². The van der Waals surface area contributed by atoms with Crippen molar-refractivity contribution in [2.45, 2.75) is 30.5 Å². The summed E-state index contributed by atoms with van der Waals surface area (Å²) >= 11 is 1.53. The van der Waals surface area contributed by atoms with Crippen LogP contribution < -0.4 is 5.32 Å². The van der Waals surface area contributed by atoms with Gasteiger partial charge >= 0.3 is 0 Å². The van der Waals surface area contributed by atoms with Crippen LogP contribution in [0.25, 0.3) is 0 Å². The van der Waals surface area contributed by atoms with Gasteiger partial charge in [-0.15, -0.1) is 0 Å². The first kappa shape index (κ1) is 15.6. The first-order valence-electron chi connectivity index (χ1n) is 7.05. The Bertz CT molecular complexity index is 565. The Morgan fingerprint density at radius 3 is 2.81 bits per heavy atom. The Morgan fingerprint density at radius 1 is 1.38 bits per heavy atom. The van der Waals surface area contributed by atoms with E-state index >= 15 is 0 Å². The van der Waals surface area contributed by atoms with E-state index in [4.69, 9.17) is 4.42 Å². The van der Waals surface area contributed by atoms with Gasteiger partial charge in [0.25, 0.3) is 5.22 Å². The molecule has 0 aliphatic heterocycles. The minimum absolute atomic E-state index is 0.644. The molecule has 0 spiro atoms. The van der Waals surface area contributed by atoms with Crippen molar-refractivity contribution in [2.75, 3.05) is 12.3 Å². The molecule has 0 fully saturated rings. The van der Waals surface area contributed by atoms with Gasteiger partial charge in [-0.3, -0.25) is 5.32 Å². The van der Waals surface area contributed by atoms with Gasteiger partial charge in [0.2, 0.25) is 0 Å². The predicted octanol–water partition coefficient (Wildman–Crippen LogP) is 3.58. The van der Waals surface area contributed by atoms with E-state index in [1.54, 1.807) is 12.5 Å². The number of aromatic nitrogens is 1. The van der Waals surface area contributed by atoms with Crippen LogP contribution in [0.5, 0.6) is 0 Å². The second-order valence-electron chi connectivity index (χ2n) is 4.71. The van der Waals surface area contributed by atoms with Gasteiger partial charge in [0.05, 0.1) is 12.3 Å². The minimum atomic E-state index is -0.656. The molecule has 1 aromatic heterocycles. The zero-order valence-corrected chi connectivity index (χ0v) is 12.9. The molecule has 5 heteroatoms. The van der Waals surface area contributed by atoms with Crippen molar-refractivity contribution in [2.24, 2.45) is 0 Å². The van der Waals surface area contributed by atoms with Gasteiger partial charge in [-0.05, 0) is 24.9 Å². The molecule has 1 heterocycles. The van der Waals surface area contributed by atoms with E-state index in [0.29, 0.717) is 11.6 Å². The summed E-state index contributed by atoms with van der Waals surface area (Å²) in [7, 11) is 0. The van der Waals surface area contributed by atoms with Crippen molar-refractivity contribution in [3.63, 3.8) is 0 Å². The van der Waals surface area contributed by atoms with Crippen LogP contribution in [0.1, 0.15) is 25.3 Å². The Labute approximate surface area is 129 Å². The third kappa shape index (κ3) is 4.10. The first-order chi connectivity index (χ1) is 10.3. The Balaban J connectivity index is 2.09. The molecule has 0 saturated carbocycles. The van der Waals surface area contributed by atoms with E-state index in [9.17, 15) is 5.26 Å². The van der Waals surface area contributed by atoms with Crippen molar-refractivity contribution < 1.29 is 4.42 Å². The highest BCUT2D eigenvalue weighted by atomic mass is 32.2. The quantitative estimate of drug-likeness (QED) is 0.755. The second-order valence-corrected chi connectivity index (χ2v) is 5.75. The van der Waals surface area contributed by atoms with Crippen molar-refractivity contribution in [3.05, 3.63) is 48.4 Å². The largest absolute Gasteiger partial charge is 0.440 e. The van der Waals surface area contributed by atoms with Gasteiger partial charge in [0, 0.05) is 5.75 Å². The van der Waals surface area contributed by atoms with Crippen LogP contribution in [0.3, 0.4) is 0 Å². The maximum atomic E-state index is 9.75. The summed E-state index contributed by atoms with van der Waals surface area (Å²) in [6, 6.07) is 12.4. The second kappa shape index (κ2) is 7.87. The summed E-state index contributed by atoms with van der Waals surface area (Å²) in [5.74, 6) is 0.764. The average molecular weight is 301 g/mol. The fraction of sp³-hybridized carbons (Fsp3) is 0.375. The predicted molar refractivity (Wildman–Crippen MR) is 83.9 cm³/mol. The summed E-state index contributed by atoms with van der Waals surface area (Å²) in [5, 5.41) is 13.8. The molecular formula is C16H19N3OS. The number of nitrogens with zero attached hydrogens (tertiary/aromatic N) is 2. The maximum Gasteiger partial charge on any atom is 0.255 e. The third-order valence-electron chi connectivity index (χ3n) is 3.25. The fourth-order valence-electron chi connectivity index (χ4n) is 2.13. The van der Waals surface area contributed by atoms with E-state index in [2.05, 4.69) is 23.3 Å². The van der Waals surface area contributed by atoms with Gasteiger partial charge in [0.1, 0.15) is 11.8 Å². The highest BCUT2D eigenvalue weighted by molar-refractivity contribution is 7.99. The lowest BCUT2D eigenvalue weighted by Gasteiger charge is -2.28. The Hall–Kier alpha value is -1.77. The standard InChI is InChI=1S/C16H19N3OS/c1-2-9-19-16(13-17,14-6-4-3-5-7-14)8-12-21-15-18-10-11-20-15/h3-7,10-11,19H,2,8-9,12H2,1H3. The molecule has 0 amide bonds. The number of hydrogen-bond acceptors (Lipinski definition) is 5. The summed E-state index contributed by atoms with van der Waals surface area (Å²) in [6.45, 7) is 2.91.